The molecule has 1 heterocycles. The maximum absolute atomic E-state index is 8.41. The van der Waals surface area contributed by atoms with Gasteiger partial charge >= 0.3 is 0 Å². The second kappa shape index (κ2) is 6.29. The Morgan fingerprint density at radius 1 is 1.64 bits per heavy atom. The Kier molecular flexibility index (Phi) is 6.05. The van der Waals surface area contributed by atoms with E-state index in [1.54, 1.807) is 6.20 Å². The summed E-state index contributed by atoms with van der Waals surface area (Å²) in [5, 5.41) is 8.41. The molecule has 1 N–H and O–H groups in total. The minimum atomic E-state index is 0. The molecule has 1 aromatic rings. The third-order valence-corrected chi connectivity index (χ3v) is 1.06. The SMILES string of the molecule is OCC/C=C/c1c[n-]cn1.[Pd]. The molecule has 11 heavy (non-hydrogen) atoms. The summed E-state index contributed by atoms with van der Waals surface area (Å²) >= 11 is 0. The molecular weight excluding hydrogens is 235 g/mol. The molecule has 0 saturated heterocycles. The molecule has 1 rings (SSSR count). The van der Waals surface area contributed by atoms with E-state index in [1.807, 2.05) is 12.2 Å². The van der Waals surface area contributed by atoms with Gasteiger partial charge in [-0.25, -0.2) is 0 Å². The standard InChI is InChI=1S/C7H9N2O.Pd/c10-4-2-1-3-7-5-8-6-9-7;/h1,3,5-6,10H,2,4H2;/q-1;/b3-1+;. The van der Waals surface area contributed by atoms with E-state index >= 15 is 0 Å². The first-order valence-electron chi connectivity index (χ1n) is 3.13. The maximum Gasteiger partial charge on any atom is 0.0465 e. The maximum atomic E-state index is 8.41. The van der Waals surface area contributed by atoms with Gasteiger partial charge in [0.25, 0.3) is 0 Å². The Morgan fingerprint density at radius 2 is 2.45 bits per heavy atom. The van der Waals surface area contributed by atoms with Crippen molar-refractivity contribution in [3.63, 3.8) is 0 Å². The van der Waals surface area contributed by atoms with Crippen LogP contribution in [0.1, 0.15) is 12.1 Å². The molecule has 0 aromatic carbocycles. The van der Waals surface area contributed by atoms with Crippen LogP contribution in [0.25, 0.3) is 6.08 Å². The zero-order valence-corrected chi connectivity index (χ0v) is 7.44. The minimum absolute atomic E-state index is 0. The van der Waals surface area contributed by atoms with E-state index < -0.39 is 0 Å². The van der Waals surface area contributed by atoms with Gasteiger partial charge in [-0.2, -0.15) is 0 Å². The Bertz CT molecular complexity index is 196. The molecule has 0 saturated carbocycles. The number of aromatic nitrogens is 2. The number of aliphatic hydroxyl groups is 1. The Labute approximate surface area is 79.2 Å². The van der Waals surface area contributed by atoms with Crippen molar-refractivity contribution in [2.75, 3.05) is 6.61 Å². The van der Waals surface area contributed by atoms with Crippen molar-refractivity contribution in [3.05, 3.63) is 24.3 Å². The van der Waals surface area contributed by atoms with E-state index in [4.69, 9.17) is 5.11 Å². The monoisotopic (exact) mass is 243 g/mol. The molecule has 64 valence electrons. The molecule has 0 atom stereocenters. The zero-order valence-electron chi connectivity index (χ0n) is 5.88. The Balaban J connectivity index is 0.000001000. The summed E-state index contributed by atoms with van der Waals surface area (Å²) in [6, 6.07) is 0. The van der Waals surface area contributed by atoms with Gasteiger partial charge in [-0.15, -0.1) is 0 Å². The number of hydrogen-bond donors (Lipinski definition) is 1. The predicted octanol–water partition coefficient (Wildman–Crippen LogP) is 0.432. The van der Waals surface area contributed by atoms with E-state index in [-0.39, 0.29) is 27.0 Å². The quantitative estimate of drug-likeness (QED) is 0.784. The molecule has 0 aliphatic heterocycles. The van der Waals surface area contributed by atoms with Crippen molar-refractivity contribution < 1.29 is 25.5 Å². The van der Waals surface area contributed by atoms with Gasteiger partial charge in [0.15, 0.2) is 0 Å². The first-order chi connectivity index (χ1) is 4.93. The number of nitrogens with zero attached hydrogens (tertiary/aromatic N) is 2. The Morgan fingerprint density at radius 3 is 3.00 bits per heavy atom. The molecule has 0 amide bonds. The van der Waals surface area contributed by atoms with Crippen LogP contribution in [0.5, 0.6) is 0 Å². The van der Waals surface area contributed by atoms with Gasteiger partial charge in [-0.1, -0.05) is 24.7 Å². The van der Waals surface area contributed by atoms with Crippen molar-refractivity contribution >= 4 is 6.08 Å². The topological polar surface area (TPSA) is 47.2 Å². The van der Waals surface area contributed by atoms with Crippen molar-refractivity contribution in [2.24, 2.45) is 0 Å². The predicted molar refractivity (Wildman–Crippen MR) is 38.3 cm³/mol. The molecule has 0 fully saturated rings. The molecule has 0 radical (unpaired) electrons. The number of imidazole rings is 1. The first kappa shape index (κ1) is 10.6. The van der Waals surface area contributed by atoms with Gasteiger partial charge in [-0.3, -0.25) is 0 Å². The van der Waals surface area contributed by atoms with Crippen molar-refractivity contribution in [1.29, 1.82) is 0 Å². The molecule has 4 heteroatoms. The summed E-state index contributed by atoms with van der Waals surface area (Å²) in [6.07, 6.45) is 7.55. The number of rotatable bonds is 3. The summed E-state index contributed by atoms with van der Waals surface area (Å²) in [5.41, 5.74) is 0.841. The van der Waals surface area contributed by atoms with Gasteiger partial charge < -0.3 is 15.1 Å². The van der Waals surface area contributed by atoms with Crippen molar-refractivity contribution in [2.45, 2.75) is 6.42 Å². The minimum Gasteiger partial charge on any atom is -0.449 e. The van der Waals surface area contributed by atoms with Crippen LogP contribution in [0.2, 0.25) is 0 Å². The normalized spacial score (nSPS) is 9.91. The third-order valence-electron chi connectivity index (χ3n) is 1.06. The molecule has 0 bridgehead atoms. The van der Waals surface area contributed by atoms with Gasteiger partial charge in [0.2, 0.25) is 0 Å². The largest absolute Gasteiger partial charge is 0.449 e. The van der Waals surface area contributed by atoms with Gasteiger partial charge in [0.05, 0.1) is 0 Å². The number of hydrogen-bond acceptors (Lipinski definition) is 2. The second-order valence-electron chi connectivity index (χ2n) is 1.86. The number of aliphatic hydroxyl groups excluding tert-OH is 1. The van der Waals surface area contributed by atoms with Crippen LogP contribution in [-0.4, -0.2) is 16.7 Å². The van der Waals surface area contributed by atoms with Gasteiger partial charge in [-0.05, 0) is 12.1 Å². The molecule has 3 nitrogen and oxygen atoms in total. The van der Waals surface area contributed by atoms with Crippen LogP contribution >= 0.6 is 0 Å². The fourth-order valence-corrected chi connectivity index (χ4v) is 0.608. The average Bonchev–Trinajstić information content (AvgIpc) is 2.41. The molecule has 1 aromatic heterocycles. The smallest absolute Gasteiger partial charge is 0.0465 e. The van der Waals surface area contributed by atoms with Crippen molar-refractivity contribution in [3.8, 4) is 0 Å². The average molecular weight is 244 g/mol. The van der Waals surface area contributed by atoms with E-state index in [2.05, 4.69) is 9.97 Å². The summed E-state index contributed by atoms with van der Waals surface area (Å²) in [7, 11) is 0. The van der Waals surface area contributed by atoms with Crippen molar-refractivity contribution in [1.82, 2.24) is 9.97 Å². The van der Waals surface area contributed by atoms with Gasteiger partial charge in [0, 0.05) is 27.0 Å². The van der Waals surface area contributed by atoms with E-state index in [1.165, 1.54) is 6.33 Å². The fourth-order valence-electron chi connectivity index (χ4n) is 0.608. The molecule has 0 aliphatic carbocycles. The fraction of sp³-hybridized carbons (Fsp3) is 0.286. The van der Waals surface area contributed by atoms with E-state index in [9.17, 15) is 0 Å². The van der Waals surface area contributed by atoms with Crippen LogP contribution < -0.4 is 4.98 Å². The van der Waals surface area contributed by atoms with E-state index in [0.29, 0.717) is 6.42 Å². The van der Waals surface area contributed by atoms with Crippen LogP contribution in [0.15, 0.2) is 18.6 Å². The molecule has 0 unspecified atom stereocenters. The first-order valence-corrected chi connectivity index (χ1v) is 3.13. The second-order valence-corrected chi connectivity index (χ2v) is 1.86. The van der Waals surface area contributed by atoms with Gasteiger partial charge in [0.1, 0.15) is 0 Å². The van der Waals surface area contributed by atoms with Crippen LogP contribution in [0.4, 0.5) is 0 Å². The third kappa shape index (κ3) is 4.10. The van der Waals surface area contributed by atoms with Crippen LogP contribution in [0, 0.1) is 0 Å². The summed E-state index contributed by atoms with van der Waals surface area (Å²) in [6.45, 7) is 0.185. The molecule has 0 aliphatic rings. The summed E-state index contributed by atoms with van der Waals surface area (Å²) in [5.74, 6) is 0. The molecular formula is C7H9N2OPd-. The van der Waals surface area contributed by atoms with Crippen LogP contribution in [-0.2, 0) is 20.4 Å². The van der Waals surface area contributed by atoms with Crippen LogP contribution in [0.3, 0.4) is 0 Å². The molecule has 0 spiro atoms. The Hall–Kier alpha value is -0.428. The zero-order chi connectivity index (χ0) is 7.23. The summed E-state index contributed by atoms with van der Waals surface area (Å²) in [4.78, 5) is 7.68. The summed E-state index contributed by atoms with van der Waals surface area (Å²) < 4.78 is 0. The van der Waals surface area contributed by atoms with E-state index in [0.717, 1.165) is 5.69 Å².